The molecule has 1 aliphatic rings. The number of halogens is 1. The summed E-state index contributed by atoms with van der Waals surface area (Å²) in [5.41, 5.74) is 1.38. The number of likely N-dealkylation sites (tertiary alicyclic amines) is 1. The summed E-state index contributed by atoms with van der Waals surface area (Å²) in [5, 5.41) is 3.01. The molecule has 2 aromatic rings. The van der Waals surface area contributed by atoms with Crippen LogP contribution in [0, 0.1) is 17.7 Å². The molecule has 2 atom stereocenters. The highest BCUT2D eigenvalue weighted by Crippen LogP contribution is 2.34. The molecule has 0 bridgehead atoms. The summed E-state index contributed by atoms with van der Waals surface area (Å²) in [7, 11) is 1.56. The Morgan fingerprint density at radius 2 is 1.90 bits per heavy atom. The predicted molar refractivity (Wildman–Crippen MR) is 114 cm³/mol. The molecule has 0 radical (unpaired) electrons. The molecule has 0 saturated carbocycles. The lowest BCUT2D eigenvalue weighted by atomic mass is 9.88. The molecular weight excluding hydrogens is 383 g/mol. The fourth-order valence-electron chi connectivity index (χ4n) is 3.84. The van der Waals surface area contributed by atoms with Crippen LogP contribution in [0.3, 0.4) is 0 Å². The maximum Gasteiger partial charge on any atom is 0.254 e. The quantitative estimate of drug-likeness (QED) is 0.752. The van der Waals surface area contributed by atoms with Gasteiger partial charge in [0.15, 0.2) is 0 Å². The molecule has 0 spiro atoms. The number of methoxy groups -OCH3 is 1. The second-order valence-electron chi connectivity index (χ2n) is 8.18. The Labute approximate surface area is 177 Å². The predicted octanol–water partition coefficient (Wildman–Crippen LogP) is 3.85. The fraction of sp³-hybridized carbons (Fsp3) is 0.417. The number of amides is 2. The minimum absolute atomic E-state index is 0.0640. The van der Waals surface area contributed by atoms with Crippen molar-refractivity contribution < 1.29 is 18.7 Å². The maximum atomic E-state index is 13.4. The van der Waals surface area contributed by atoms with Gasteiger partial charge in [0.25, 0.3) is 5.91 Å². The number of ether oxygens (including phenoxy) is 1. The summed E-state index contributed by atoms with van der Waals surface area (Å²) in [6.45, 7) is 5.55. The number of benzene rings is 2. The second-order valence-corrected chi connectivity index (χ2v) is 8.18. The van der Waals surface area contributed by atoms with E-state index in [9.17, 15) is 14.0 Å². The molecule has 2 amide bonds. The van der Waals surface area contributed by atoms with Crippen LogP contribution in [0.4, 0.5) is 4.39 Å². The Morgan fingerprint density at radius 1 is 1.17 bits per heavy atom. The van der Waals surface area contributed by atoms with E-state index in [1.165, 1.54) is 12.1 Å². The first-order valence-corrected chi connectivity index (χ1v) is 10.4. The molecule has 1 fully saturated rings. The molecular formula is C24H29FN2O3. The van der Waals surface area contributed by atoms with Gasteiger partial charge in [0, 0.05) is 31.1 Å². The number of hydrogen-bond acceptors (Lipinski definition) is 3. The lowest BCUT2D eigenvalue weighted by Crippen LogP contribution is -2.36. The van der Waals surface area contributed by atoms with Crippen LogP contribution in [0.1, 0.15) is 42.1 Å². The third-order valence-electron chi connectivity index (χ3n) is 5.58. The van der Waals surface area contributed by atoms with Crippen LogP contribution in [0.15, 0.2) is 48.5 Å². The lowest BCUT2D eigenvalue weighted by molar-refractivity contribution is -0.124. The van der Waals surface area contributed by atoms with E-state index in [0.29, 0.717) is 36.9 Å². The van der Waals surface area contributed by atoms with Crippen LogP contribution >= 0.6 is 0 Å². The van der Waals surface area contributed by atoms with Crippen molar-refractivity contribution in [3.05, 3.63) is 65.5 Å². The molecule has 1 N–H and O–H groups in total. The average Bonchev–Trinajstić information content (AvgIpc) is 3.19. The van der Waals surface area contributed by atoms with E-state index < -0.39 is 0 Å². The van der Waals surface area contributed by atoms with E-state index in [1.54, 1.807) is 48.4 Å². The maximum absolute atomic E-state index is 13.4. The number of rotatable bonds is 7. The van der Waals surface area contributed by atoms with Gasteiger partial charge in [-0.2, -0.15) is 0 Å². The fourth-order valence-corrected chi connectivity index (χ4v) is 3.84. The van der Waals surface area contributed by atoms with E-state index in [-0.39, 0.29) is 29.5 Å². The summed E-state index contributed by atoms with van der Waals surface area (Å²) in [6.07, 6.45) is 0.895. The van der Waals surface area contributed by atoms with Crippen molar-refractivity contribution in [1.82, 2.24) is 10.2 Å². The highest BCUT2D eigenvalue weighted by Gasteiger charge is 2.40. The van der Waals surface area contributed by atoms with Gasteiger partial charge in [-0.05, 0) is 48.2 Å². The molecule has 6 heteroatoms. The molecule has 3 rings (SSSR count). The minimum Gasteiger partial charge on any atom is -0.497 e. The van der Waals surface area contributed by atoms with Crippen molar-refractivity contribution >= 4 is 11.8 Å². The minimum atomic E-state index is -0.378. The van der Waals surface area contributed by atoms with Crippen LogP contribution < -0.4 is 10.1 Å². The molecule has 0 aromatic heterocycles. The summed E-state index contributed by atoms with van der Waals surface area (Å²) < 4.78 is 18.6. The Hall–Kier alpha value is -2.89. The van der Waals surface area contributed by atoms with E-state index in [1.807, 2.05) is 0 Å². The molecule has 5 nitrogen and oxygen atoms in total. The second kappa shape index (κ2) is 9.74. The summed E-state index contributed by atoms with van der Waals surface area (Å²) in [5.74, 6) is 0.0193. The number of carbonyl (C=O) groups is 2. The Kier molecular flexibility index (Phi) is 7.08. The molecule has 160 valence electrons. The highest BCUT2D eigenvalue weighted by molar-refractivity contribution is 5.95. The zero-order valence-electron chi connectivity index (χ0n) is 17.7. The average molecular weight is 413 g/mol. The normalized spacial score (nSPS) is 18.5. The molecule has 0 aliphatic carbocycles. The van der Waals surface area contributed by atoms with Crippen LogP contribution in [0.25, 0.3) is 0 Å². The topological polar surface area (TPSA) is 58.6 Å². The zero-order chi connectivity index (χ0) is 21.7. The SMILES string of the molecule is COc1cccc(C(=O)N2CC(C(=O)NCCC(C)C)C(c3ccc(F)cc3)C2)c1. The molecule has 2 aromatic carbocycles. The molecule has 1 saturated heterocycles. The molecule has 2 unspecified atom stereocenters. The summed E-state index contributed by atoms with van der Waals surface area (Å²) in [6, 6.07) is 13.2. The lowest BCUT2D eigenvalue weighted by Gasteiger charge is -2.18. The molecule has 1 heterocycles. The highest BCUT2D eigenvalue weighted by atomic mass is 19.1. The van der Waals surface area contributed by atoms with Crippen molar-refractivity contribution in [2.45, 2.75) is 26.2 Å². The van der Waals surface area contributed by atoms with E-state index >= 15 is 0 Å². The van der Waals surface area contributed by atoms with Crippen LogP contribution in [-0.2, 0) is 4.79 Å². The van der Waals surface area contributed by atoms with E-state index in [2.05, 4.69) is 19.2 Å². The standard InChI is InChI=1S/C24H29FN2O3/c1-16(2)11-12-26-23(28)22-15-27(14-21(22)17-7-9-19(25)10-8-17)24(29)18-5-4-6-20(13-18)30-3/h4-10,13,16,21-22H,11-12,14-15H2,1-3H3,(H,26,28). The first-order chi connectivity index (χ1) is 14.4. The number of nitrogens with one attached hydrogen (secondary N) is 1. The van der Waals surface area contributed by atoms with Gasteiger partial charge in [0.05, 0.1) is 13.0 Å². The van der Waals surface area contributed by atoms with Gasteiger partial charge in [0.1, 0.15) is 11.6 Å². The first kappa shape index (κ1) is 21.8. The Balaban J connectivity index is 1.80. The van der Waals surface area contributed by atoms with Gasteiger partial charge in [-0.25, -0.2) is 4.39 Å². The monoisotopic (exact) mass is 412 g/mol. The third kappa shape index (κ3) is 5.17. The van der Waals surface area contributed by atoms with Gasteiger partial charge in [0.2, 0.25) is 5.91 Å². The van der Waals surface area contributed by atoms with Crippen molar-refractivity contribution in [3.8, 4) is 5.75 Å². The van der Waals surface area contributed by atoms with E-state index in [4.69, 9.17) is 4.74 Å². The molecule has 1 aliphatic heterocycles. The largest absolute Gasteiger partial charge is 0.497 e. The van der Waals surface area contributed by atoms with Crippen molar-refractivity contribution in [2.24, 2.45) is 11.8 Å². The van der Waals surface area contributed by atoms with Gasteiger partial charge in [-0.3, -0.25) is 9.59 Å². The van der Waals surface area contributed by atoms with Crippen molar-refractivity contribution in [3.63, 3.8) is 0 Å². The Bertz CT molecular complexity index is 882. The van der Waals surface area contributed by atoms with Gasteiger partial charge >= 0.3 is 0 Å². The summed E-state index contributed by atoms with van der Waals surface area (Å²) in [4.78, 5) is 27.7. The van der Waals surface area contributed by atoms with Gasteiger partial charge < -0.3 is 15.0 Å². The third-order valence-corrected chi connectivity index (χ3v) is 5.58. The van der Waals surface area contributed by atoms with Crippen molar-refractivity contribution in [2.75, 3.05) is 26.7 Å². The number of hydrogen-bond donors (Lipinski definition) is 1. The summed E-state index contributed by atoms with van der Waals surface area (Å²) >= 11 is 0. The van der Waals surface area contributed by atoms with Crippen molar-refractivity contribution in [1.29, 1.82) is 0 Å². The smallest absolute Gasteiger partial charge is 0.254 e. The van der Waals surface area contributed by atoms with Gasteiger partial charge in [-0.1, -0.05) is 32.0 Å². The number of carbonyl (C=O) groups excluding carboxylic acids is 2. The number of nitrogens with zero attached hydrogens (tertiary/aromatic N) is 1. The van der Waals surface area contributed by atoms with Crippen LogP contribution in [0.2, 0.25) is 0 Å². The Morgan fingerprint density at radius 3 is 2.57 bits per heavy atom. The van der Waals surface area contributed by atoms with Crippen LogP contribution in [0.5, 0.6) is 5.75 Å². The van der Waals surface area contributed by atoms with Gasteiger partial charge in [-0.15, -0.1) is 0 Å². The van der Waals surface area contributed by atoms with Crippen LogP contribution in [-0.4, -0.2) is 43.5 Å². The van der Waals surface area contributed by atoms with E-state index in [0.717, 1.165) is 12.0 Å². The first-order valence-electron chi connectivity index (χ1n) is 10.4. The zero-order valence-corrected chi connectivity index (χ0v) is 17.7. The molecule has 30 heavy (non-hydrogen) atoms.